The molecule has 0 aliphatic carbocycles. The Kier molecular flexibility index (Phi) is 6.40. The maximum Gasteiger partial charge on any atom is 0.230 e. The van der Waals surface area contributed by atoms with E-state index in [0.717, 1.165) is 79.9 Å². The van der Waals surface area contributed by atoms with Crippen LogP contribution in [-0.2, 0) is 6.42 Å². The number of rotatable bonds is 1. The topological polar surface area (TPSA) is 73.8 Å². The molecule has 0 amide bonds. The van der Waals surface area contributed by atoms with Gasteiger partial charge in [0.2, 0.25) is 27.2 Å². The zero-order valence-electron chi connectivity index (χ0n) is 25.2. The van der Waals surface area contributed by atoms with Crippen molar-refractivity contribution in [3.63, 3.8) is 0 Å². The number of aryl methyl sites for hydroxylation is 1. The van der Waals surface area contributed by atoms with Crippen molar-refractivity contribution in [3.8, 4) is 46.0 Å². The average Bonchev–Trinajstić information content (AvgIpc) is 3.02. The molecule has 0 N–H and O–H groups in total. The Morgan fingerprint density at radius 2 is 0.818 bits per heavy atom. The minimum atomic E-state index is -0.0408. The van der Waals surface area contributed by atoms with E-state index < -0.39 is 0 Å². The maximum absolute atomic E-state index is 6.20. The van der Waals surface area contributed by atoms with Gasteiger partial charge in [0.05, 0.1) is 0 Å². The van der Waals surface area contributed by atoms with Crippen molar-refractivity contribution >= 4 is 0 Å². The monoisotopic (exact) mass is 594 g/mol. The summed E-state index contributed by atoms with van der Waals surface area (Å²) in [6.45, 7) is 8.87. The number of hydrogen-bond donors (Lipinski definition) is 0. The van der Waals surface area contributed by atoms with E-state index in [9.17, 15) is 0 Å². The van der Waals surface area contributed by atoms with E-state index >= 15 is 0 Å². The van der Waals surface area contributed by atoms with Gasteiger partial charge in [-0.3, -0.25) is 0 Å². The van der Waals surface area contributed by atoms with Gasteiger partial charge in [-0.1, -0.05) is 33.8 Å². The summed E-state index contributed by atoms with van der Waals surface area (Å²) < 4.78 is 49.2. The van der Waals surface area contributed by atoms with Crippen LogP contribution in [0, 0.1) is 0 Å². The van der Waals surface area contributed by atoms with Crippen molar-refractivity contribution in [2.24, 2.45) is 0 Å². The fraction of sp³-hybridized carbons (Fsp3) is 0.333. The van der Waals surface area contributed by atoms with Crippen LogP contribution in [-0.4, -0.2) is 27.2 Å². The van der Waals surface area contributed by atoms with Crippen LogP contribution in [0.15, 0.2) is 54.6 Å². The molecule has 8 heteroatoms. The van der Waals surface area contributed by atoms with Crippen molar-refractivity contribution in [1.82, 2.24) is 0 Å². The lowest BCUT2D eigenvalue weighted by atomic mass is 9.83. The molecule has 0 fully saturated rings. The molecule has 4 aromatic carbocycles. The van der Waals surface area contributed by atoms with Gasteiger partial charge in [0.25, 0.3) is 0 Å². The maximum atomic E-state index is 6.20. The average molecular weight is 595 g/mol. The SMILES string of the molecule is CCc1cc2c3cc1OCOc1ccc4c(c1)OCOc1cc5c(cc1C4C)[C@H](C)c1cc(c(cc1OCO5)OCO3)[C@@H]2C. The van der Waals surface area contributed by atoms with Crippen LogP contribution in [0.25, 0.3) is 0 Å². The first-order valence-corrected chi connectivity index (χ1v) is 15.2. The highest BCUT2D eigenvalue weighted by Crippen LogP contribution is 2.49. The van der Waals surface area contributed by atoms with Crippen LogP contribution in [0.4, 0.5) is 0 Å². The van der Waals surface area contributed by atoms with Gasteiger partial charge in [-0.05, 0) is 36.2 Å². The van der Waals surface area contributed by atoms with E-state index in [4.69, 9.17) is 37.9 Å². The van der Waals surface area contributed by atoms with Gasteiger partial charge in [-0.15, -0.1) is 0 Å². The van der Waals surface area contributed by atoms with Gasteiger partial charge in [-0.25, -0.2) is 0 Å². The molecule has 44 heavy (non-hydrogen) atoms. The van der Waals surface area contributed by atoms with Crippen molar-refractivity contribution in [3.05, 3.63) is 93.5 Å². The summed E-state index contributed by atoms with van der Waals surface area (Å²) >= 11 is 0. The fourth-order valence-electron chi connectivity index (χ4n) is 6.76. The van der Waals surface area contributed by atoms with Gasteiger partial charge in [0.1, 0.15) is 46.0 Å². The summed E-state index contributed by atoms with van der Waals surface area (Å²) in [6, 6.07) is 18.4. The van der Waals surface area contributed by atoms with Gasteiger partial charge in [-0.2, -0.15) is 0 Å². The summed E-state index contributed by atoms with van der Waals surface area (Å²) in [7, 11) is 0. The van der Waals surface area contributed by atoms with Crippen molar-refractivity contribution in [2.45, 2.75) is 51.9 Å². The van der Waals surface area contributed by atoms with E-state index in [2.05, 4.69) is 52.0 Å². The lowest BCUT2D eigenvalue weighted by Gasteiger charge is -2.30. The lowest BCUT2D eigenvalue weighted by Crippen LogP contribution is -2.19. The van der Waals surface area contributed by atoms with Crippen LogP contribution in [0.3, 0.4) is 0 Å². The zero-order valence-corrected chi connectivity index (χ0v) is 25.2. The third kappa shape index (κ3) is 4.34. The van der Waals surface area contributed by atoms with Crippen LogP contribution in [0.5, 0.6) is 46.0 Å². The quantitative estimate of drug-likeness (QED) is 0.223. The van der Waals surface area contributed by atoms with Crippen molar-refractivity contribution in [1.29, 1.82) is 0 Å². The Balaban J connectivity index is 1.36. The van der Waals surface area contributed by atoms with E-state index in [-0.39, 0.29) is 44.9 Å². The molecule has 1 unspecified atom stereocenters. The standard InChI is InChI=1S/C36H34O8/c1-5-22-8-25-20(3)27-11-29-21(4)28-10-26-19(2)24-7-6-23-9-31(24)39-16-41-33(26)13-35(28)43-18-44-36(29)14-34(27)42-17-40-32(25)12-30(22)38-15-37-23/h6-14,19-21H,5,15-18H2,1-4H3/t19?,20-,21+/m1/s1. The Labute approximate surface area is 256 Å². The van der Waals surface area contributed by atoms with E-state index in [1.165, 1.54) is 0 Å². The van der Waals surface area contributed by atoms with E-state index in [1.54, 1.807) is 0 Å². The first-order chi connectivity index (χ1) is 21.5. The first kappa shape index (κ1) is 26.9. The molecule has 4 aromatic rings. The second-order valence-corrected chi connectivity index (χ2v) is 11.7. The van der Waals surface area contributed by atoms with Gasteiger partial charge in [0.15, 0.2) is 0 Å². The van der Waals surface area contributed by atoms with Crippen LogP contribution >= 0.6 is 0 Å². The molecule has 0 saturated heterocycles. The predicted molar refractivity (Wildman–Crippen MR) is 162 cm³/mol. The predicted octanol–water partition coefficient (Wildman–Crippen LogP) is 7.62. The molecule has 10 bridgehead atoms. The van der Waals surface area contributed by atoms with Gasteiger partial charge < -0.3 is 37.9 Å². The highest BCUT2D eigenvalue weighted by atomic mass is 16.7. The van der Waals surface area contributed by atoms with Gasteiger partial charge >= 0.3 is 0 Å². The van der Waals surface area contributed by atoms with Gasteiger partial charge in [0, 0.05) is 75.4 Å². The number of benzene rings is 4. The Hall–Kier alpha value is -4.72. The highest BCUT2D eigenvalue weighted by Gasteiger charge is 2.31. The van der Waals surface area contributed by atoms with E-state index in [1.807, 2.05) is 30.3 Å². The second kappa shape index (κ2) is 10.5. The molecular formula is C36H34O8. The largest absolute Gasteiger partial charge is 0.457 e. The third-order valence-corrected chi connectivity index (χ3v) is 9.37. The minimum absolute atomic E-state index is 0.0115. The Morgan fingerprint density at radius 3 is 1.32 bits per heavy atom. The van der Waals surface area contributed by atoms with E-state index in [0.29, 0.717) is 11.5 Å². The molecule has 226 valence electrons. The zero-order chi connectivity index (χ0) is 29.9. The smallest absolute Gasteiger partial charge is 0.230 e. The molecule has 0 aromatic heterocycles. The molecule has 0 saturated carbocycles. The summed E-state index contributed by atoms with van der Waals surface area (Å²) in [5.74, 6) is 5.68. The third-order valence-electron chi connectivity index (χ3n) is 9.37. The molecule has 11 rings (SSSR count). The molecule has 7 aliphatic heterocycles. The molecule has 7 heterocycles. The normalized spacial score (nSPS) is 20.8. The highest BCUT2D eigenvalue weighted by molar-refractivity contribution is 5.61. The minimum Gasteiger partial charge on any atom is -0.457 e. The van der Waals surface area contributed by atoms with Crippen LogP contribution in [0.1, 0.15) is 84.4 Å². The lowest BCUT2D eigenvalue weighted by molar-refractivity contribution is 0.100. The van der Waals surface area contributed by atoms with Crippen LogP contribution in [0.2, 0.25) is 0 Å². The number of hydrogen-bond acceptors (Lipinski definition) is 8. The molecule has 0 spiro atoms. The summed E-state index contributed by atoms with van der Waals surface area (Å²) in [4.78, 5) is 0. The summed E-state index contributed by atoms with van der Waals surface area (Å²) in [6.07, 6.45) is 0.791. The van der Waals surface area contributed by atoms with Crippen molar-refractivity contribution < 1.29 is 37.9 Å². The molecule has 8 nitrogen and oxygen atoms in total. The second-order valence-electron chi connectivity index (χ2n) is 11.7. The first-order valence-electron chi connectivity index (χ1n) is 15.2. The van der Waals surface area contributed by atoms with Crippen LogP contribution < -0.4 is 37.9 Å². The Morgan fingerprint density at radius 1 is 0.432 bits per heavy atom. The molecule has 3 atom stereocenters. The number of ether oxygens (including phenoxy) is 8. The molecule has 0 radical (unpaired) electrons. The Bertz CT molecular complexity index is 1780. The molecule has 7 aliphatic rings. The van der Waals surface area contributed by atoms with Crippen molar-refractivity contribution in [2.75, 3.05) is 27.2 Å². The molecular weight excluding hydrogens is 560 g/mol. The fourth-order valence-corrected chi connectivity index (χ4v) is 6.76. The summed E-state index contributed by atoms with van der Waals surface area (Å²) in [5, 5.41) is 0. The summed E-state index contributed by atoms with van der Waals surface area (Å²) in [5.41, 5.74) is 7.48.